The van der Waals surface area contributed by atoms with E-state index < -0.39 is 58.1 Å². The fourth-order valence-corrected chi connectivity index (χ4v) is 4.09. The Morgan fingerprint density at radius 3 is 1.70 bits per heavy atom. The molecule has 4 rings (SSSR count). The minimum Gasteiger partial charge on any atom is -0.429 e. The molecule has 0 amide bonds. The smallest absolute Gasteiger partial charge is 0.429 e. The number of ether oxygens (including phenoxy) is 1. The molecule has 4 aromatic rings. The van der Waals surface area contributed by atoms with Crippen molar-refractivity contribution in [2.75, 3.05) is 0 Å². The Hall–Kier alpha value is -4.83. The summed E-state index contributed by atoms with van der Waals surface area (Å²) in [5.74, 6) is -0.670. The molecule has 1 nitrogen and oxygen atoms in total. The number of alkyl halides is 2. The van der Waals surface area contributed by atoms with Crippen molar-refractivity contribution in [1.29, 1.82) is 0 Å². The van der Waals surface area contributed by atoms with Gasteiger partial charge in [-0.05, 0) is 73.0 Å². The molecule has 0 aliphatic rings. The Morgan fingerprint density at radius 1 is 0.591 bits per heavy atom. The van der Waals surface area contributed by atoms with Gasteiger partial charge in [0.15, 0.2) is 17.5 Å². The van der Waals surface area contributed by atoms with Crippen molar-refractivity contribution in [3.05, 3.63) is 135 Å². The zero-order valence-corrected chi connectivity index (χ0v) is 22.9. The van der Waals surface area contributed by atoms with Gasteiger partial charge in [0.1, 0.15) is 34.6 Å². The Kier molecular flexibility index (Phi) is 9.95. The van der Waals surface area contributed by atoms with Crippen molar-refractivity contribution in [1.82, 2.24) is 0 Å². The number of halogens is 9. The summed E-state index contributed by atoms with van der Waals surface area (Å²) in [6.07, 6.45) is -1.83. The van der Waals surface area contributed by atoms with Gasteiger partial charge in [-0.1, -0.05) is 43.4 Å². The highest BCUT2D eigenvalue weighted by Crippen LogP contribution is 2.36. The van der Waals surface area contributed by atoms with Crippen LogP contribution >= 0.6 is 0 Å². The van der Waals surface area contributed by atoms with Crippen LogP contribution < -0.4 is 4.74 Å². The summed E-state index contributed by atoms with van der Waals surface area (Å²) in [6, 6.07) is 8.90. The van der Waals surface area contributed by atoms with Gasteiger partial charge in [0.25, 0.3) is 0 Å². The van der Waals surface area contributed by atoms with Gasteiger partial charge in [-0.25, -0.2) is 30.7 Å². The lowest BCUT2D eigenvalue weighted by molar-refractivity contribution is -0.189. The molecular weight excluding hydrogens is 595 g/mol. The van der Waals surface area contributed by atoms with Crippen LogP contribution in [0.1, 0.15) is 59.6 Å². The number of unbranched alkanes of at least 4 members (excludes halogenated alkanes) is 2. The predicted octanol–water partition coefficient (Wildman–Crippen LogP) is 9.32. The van der Waals surface area contributed by atoms with Crippen molar-refractivity contribution in [3.63, 3.8) is 0 Å². The summed E-state index contributed by atoms with van der Waals surface area (Å²) < 4.78 is 132. The average Bonchev–Trinajstić information content (AvgIpc) is 2.94. The van der Waals surface area contributed by atoms with Crippen LogP contribution in [0.25, 0.3) is 0 Å². The van der Waals surface area contributed by atoms with E-state index in [0.29, 0.717) is 31.0 Å². The van der Waals surface area contributed by atoms with E-state index in [2.05, 4.69) is 28.4 Å². The SMILES string of the molecule is CCCCCc1cc(F)c(C(F)(F)Oc2ccc(C#Cc3ccc(C#Cc4cc(F)c(F)c(F)c4)c(F)c3)c(F)c2)c(F)c1. The Bertz CT molecular complexity index is 1780. The third kappa shape index (κ3) is 7.76. The summed E-state index contributed by atoms with van der Waals surface area (Å²) in [4.78, 5) is 0. The van der Waals surface area contributed by atoms with Gasteiger partial charge in [-0.2, -0.15) is 8.78 Å². The third-order valence-corrected chi connectivity index (χ3v) is 6.28. The highest BCUT2D eigenvalue weighted by atomic mass is 19.3. The number of rotatable bonds is 7. The zero-order chi connectivity index (χ0) is 32.0. The predicted molar refractivity (Wildman–Crippen MR) is 145 cm³/mol. The fraction of sp³-hybridized carbons (Fsp3) is 0.176. The Labute approximate surface area is 247 Å². The average molecular weight is 617 g/mol. The highest BCUT2D eigenvalue weighted by molar-refractivity contribution is 5.49. The molecule has 0 N–H and O–H groups in total. The summed E-state index contributed by atoms with van der Waals surface area (Å²) in [5.41, 5.74) is -1.98. The second-order valence-corrected chi connectivity index (χ2v) is 9.60. The molecular formula is C34H21F9O. The van der Waals surface area contributed by atoms with E-state index in [0.717, 1.165) is 43.2 Å². The lowest BCUT2D eigenvalue weighted by Gasteiger charge is -2.20. The fourth-order valence-electron chi connectivity index (χ4n) is 4.09. The Balaban J connectivity index is 1.48. The van der Waals surface area contributed by atoms with E-state index in [4.69, 9.17) is 0 Å². The highest BCUT2D eigenvalue weighted by Gasteiger charge is 2.41. The number of hydrogen-bond acceptors (Lipinski definition) is 1. The molecule has 226 valence electrons. The van der Waals surface area contributed by atoms with E-state index in [1.54, 1.807) is 0 Å². The van der Waals surface area contributed by atoms with Crippen LogP contribution in [-0.4, -0.2) is 0 Å². The lowest BCUT2D eigenvalue weighted by Crippen LogP contribution is -2.25. The molecule has 0 bridgehead atoms. The molecule has 4 aromatic carbocycles. The molecule has 0 aliphatic heterocycles. The number of aryl methyl sites for hydroxylation is 1. The van der Waals surface area contributed by atoms with Gasteiger partial charge < -0.3 is 4.74 Å². The lowest BCUT2D eigenvalue weighted by atomic mass is 10.0. The number of hydrogen-bond donors (Lipinski definition) is 0. The van der Waals surface area contributed by atoms with Crippen LogP contribution in [-0.2, 0) is 12.5 Å². The summed E-state index contributed by atoms with van der Waals surface area (Å²) in [7, 11) is 0. The van der Waals surface area contributed by atoms with Crippen LogP contribution in [0, 0.1) is 64.4 Å². The first-order valence-corrected chi connectivity index (χ1v) is 13.2. The van der Waals surface area contributed by atoms with Gasteiger partial charge >= 0.3 is 6.11 Å². The maximum absolute atomic E-state index is 14.7. The van der Waals surface area contributed by atoms with Crippen LogP contribution in [0.15, 0.2) is 60.7 Å². The van der Waals surface area contributed by atoms with Crippen LogP contribution in [0.3, 0.4) is 0 Å². The van der Waals surface area contributed by atoms with Crippen LogP contribution in [0.4, 0.5) is 39.5 Å². The number of benzene rings is 4. The van der Waals surface area contributed by atoms with Gasteiger partial charge in [-0.3, -0.25) is 0 Å². The maximum atomic E-state index is 14.7. The summed E-state index contributed by atoms with van der Waals surface area (Å²) in [6.45, 7) is 1.94. The first kappa shape index (κ1) is 32.1. The van der Waals surface area contributed by atoms with Gasteiger partial charge in [0.05, 0.1) is 11.1 Å². The zero-order valence-electron chi connectivity index (χ0n) is 22.9. The first-order valence-electron chi connectivity index (χ1n) is 13.2. The summed E-state index contributed by atoms with van der Waals surface area (Å²) >= 11 is 0. The molecule has 0 saturated heterocycles. The third-order valence-electron chi connectivity index (χ3n) is 6.28. The Morgan fingerprint density at radius 2 is 1.14 bits per heavy atom. The van der Waals surface area contributed by atoms with Gasteiger partial charge in [-0.15, -0.1) is 0 Å². The van der Waals surface area contributed by atoms with Crippen molar-refractivity contribution in [2.45, 2.75) is 38.7 Å². The van der Waals surface area contributed by atoms with Gasteiger partial charge in [0.2, 0.25) is 0 Å². The van der Waals surface area contributed by atoms with Crippen molar-refractivity contribution in [3.8, 4) is 29.4 Å². The van der Waals surface area contributed by atoms with Gasteiger partial charge in [0, 0.05) is 17.2 Å². The van der Waals surface area contributed by atoms with Crippen molar-refractivity contribution < 1.29 is 44.3 Å². The van der Waals surface area contributed by atoms with E-state index in [-0.39, 0.29) is 27.8 Å². The molecule has 0 aliphatic carbocycles. The van der Waals surface area contributed by atoms with E-state index in [9.17, 15) is 39.5 Å². The second kappa shape index (κ2) is 13.6. The topological polar surface area (TPSA) is 9.23 Å². The second-order valence-electron chi connectivity index (χ2n) is 9.60. The van der Waals surface area contributed by atoms with E-state index in [1.807, 2.05) is 6.92 Å². The molecule has 0 aromatic heterocycles. The molecule has 44 heavy (non-hydrogen) atoms. The minimum atomic E-state index is -4.46. The van der Waals surface area contributed by atoms with Crippen molar-refractivity contribution >= 4 is 0 Å². The minimum absolute atomic E-state index is 0.0715. The van der Waals surface area contributed by atoms with Crippen molar-refractivity contribution in [2.24, 2.45) is 0 Å². The monoisotopic (exact) mass is 616 g/mol. The molecule has 0 atom stereocenters. The van der Waals surface area contributed by atoms with E-state index >= 15 is 0 Å². The molecule has 10 heteroatoms. The molecule has 0 heterocycles. The molecule has 0 saturated carbocycles. The molecule has 0 fully saturated rings. The van der Waals surface area contributed by atoms with E-state index in [1.165, 1.54) is 12.1 Å². The first-order chi connectivity index (χ1) is 20.9. The largest absolute Gasteiger partial charge is 0.432 e. The maximum Gasteiger partial charge on any atom is 0.432 e. The molecule has 0 spiro atoms. The van der Waals surface area contributed by atoms with Crippen LogP contribution in [0.5, 0.6) is 5.75 Å². The normalized spacial score (nSPS) is 11.0. The quantitative estimate of drug-likeness (QED) is 0.0871. The molecule has 0 unspecified atom stereocenters. The molecule has 0 radical (unpaired) electrons. The van der Waals surface area contributed by atoms with Crippen LogP contribution in [0.2, 0.25) is 0 Å². The standard InChI is InChI=1S/C34H21F9O/c1-2-3-4-5-21-15-28(37)32(29(38)16-21)34(42,43)44-25-13-12-24(27(36)19-25)10-7-20-6-9-23(26(35)14-20)11-8-22-17-30(39)33(41)31(40)18-22/h6,9,12-19H,2-5H2,1H3. The summed E-state index contributed by atoms with van der Waals surface area (Å²) in [5, 5.41) is 0.